The van der Waals surface area contributed by atoms with Crippen LogP contribution in [0.5, 0.6) is 0 Å². The summed E-state index contributed by atoms with van der Waals surface area (Å²) in [6.07, 6.45) is 0. The average molecular weight is 452 g/mol. The molecule has 0 aromatic heterocycles. The van der Waals surface area contributed by atoms with Crippen LogP contribution in [0.2, 0.25) is 78.6 Å². The molecule has 0 saturated carbocycles. The molecule has 24 heavy (non-hydrogen) atoms. The van der Waals surface area contributed by atoms with E-state index in [1.807, 2.05) is 20.8 Å². The topological polar surface area (TPSA) is 52.0 Å². The quantitative estimate of drug-likeness (QED) is 0.390. The van der Waals surface area contributed by atoms with Crippen LogP contribution in [0.4, 0.5) is 0 Å². The second-order valence-corrected chi connectivity index (χ2v) is 30.3. The van der Waals surface area contributed by atoms with E-state index in [0.29, 0.717) is 0 Å². The molecule has 0 saturated heterocycles. The first-order chi connectivity index (χ1) is 9.41. The minimum Gasteiger partial charge on any atom is -0.673 e. The summed E-state index contributed by atoms with van der Waals surface area (Å²) in [4.78, 5) is 0. The van der Waals surface area contributed by atoms with Gasteiger partial charge in [-0.2, -0.15) is 0 Å². The Morgan fingerprint density at radius 1 is 0.500 bits per heavy atom. The zero-order valence-corrected chi connectivity index (χ0v) is 24.3. The van der Waals surface area contributed by atoms with E-state index in [0.717, 1.165) is 0 Å². The van der Waals surface area contributed by atoms with Crippen molar-refractivity contribution < 1.29 is 16.8 Å². The van der Waals surface area contributed by atoms with Gasteiger partial charge in [-0.05, 0) is 0 Å². The van der Waals surface area contributed by atoms with Crippen molar-refractivity contribution in [3.05, 3.63) is 15.0 Å². The van der Waals surface area contributed by atoms with Gasteiger partial charge < -0.3 is 15.0 Å². The Kier molecular flexibility index (Phi) is 16.3. The third-order valence-electron chi connectivity index (χ3n) is 1.34. The van der Waals surface area contributed by atoms with Gasteiger partial charge in [0.2, 0.25) is 0 Å². The molecule has 0 amide bonds. The molecule has 8 heteroatoms. The van der Waals surface area contributed by atoms with Crippen molar-refractivity contribution in [1.29, 1.82) is 0 Å². The zero-order chi connectivity index (χ0) is 19.9. The number of nitrogens with one attached hydrogen (secondary N) is 1. The summed E-state index contributed by atoms with van der Waals surface area (Å²) in [6, 6.07) is 0. The molecular formula is C16H46CoN3Si4. The zero-order valence-electron chi connectivity index (χ0n) is 19.2. The fraction of sp³-hybridized carbons (Fsp3) is 1.00. The molecule has 0 atom stereocenters. The maximum atomic E-state index is 6.94. The second-order valence-electron chi connectivity index (χ2n) is 11.2. The Hall–Kier alpha value is 1.25. The summed E-state index contributed by atoms with van der Waals surface area (Å²) in [5.41, 5.74) is 6.69. The van der Waals surface area contributed by atoms with Crippen LogP contribution in [0.15, 0.2) is 0 Å². The molecule has 0 radical (unpaired) electrons. The number of hydrogen-bond acceptors (Lipinski definition) is 0. The molecule has 0 fully saturated rings. The van der Waals surface area contributed by atoms with E-state index < -0.39 is 32.9 Å². The molecule has 0 rings (SSSR count). The van der Waals surface area contributed by atoms with Crippen molar-refractivity contribution in [2.45, 2.75) is 105 Å². The van der Waals surface area contributed by atoms with Gasteiger partial charge in [-0.15, -0.1) is 5.54 Å². The molecule has 0 heterocycles. The monoisotopic (exact) mass is 451 g/mol. The molecule has 0 aromatic carbocycles. The predicted octanol–water partition coefficient (Wildman–Crippen LogP) is 7.89. The molecule has 3 nitrogen and oxygen atoms in total. The molecular weight excluding hydrogens is 405 g/mol. The minimum absolute atomic E-state index is 0. The van der Waals surface area contributed by atoms with E-state index in [9.17, 15) is 0 Å². The van der Waals surface area contributed by atoms with E-state index in [1.165, 1.54) is 0 Å². The summed E-state index contributed by atoms with van der Waals surface area (Å²) >= 11 is 0. The molecule has 0 aliphatic rings. The number of hydrogen-bond donors (Lipinski definition) is 0. The molecule has 0 spiro atoms. The largest absolute Gasteiger partial charge is 3.00 e. The van der Waals surface area contributed by atoms with E-state index in [4.69, 9.17) is 15.0 Å². The van der Waals surface area contributed by atoms with Gasteiger partial charge in [0.05, 0.1) is 0 Å². The molecule has 0 unspecified atom stereocenters. The number of rotatable bonds is 4. The second kappa shape index (κ2) is 11.9. The van der Waals surface area contributed by atoms with Crippen LogP contribution in [-0.2, 0) is 16.8 Å². The van der Waals surface area contributed by atoms with Crippen molar-refractivity contribution in [3.63, 3.8) is 0 Å². The van der Waals surface area contributed by atoms with E-state index in [1.54, 1.807) is 0 Å². The summed E-state index contributed by atoms with van der Waals surface area (Å²) in [5.74, 6) is 0. The molecule has 0 aliphatic carbocycles. The van der Waals surface area contributed by atoms with Crippen LogP contribution in [0, 0.1) is 0 Å². The first-order valence-electron chi connectivity index (χ1n) is 8.64. The standard InChI is InChI=1S/2C6H18NSi2.C4H10N.Co/c2*1-8(2,3)7-9(4,5)6;1-4(2,3)5;/h2*1-6H3;5H,1-3H3;/q3*-1;+3. The van der Waals surface area contributed by atoms with Crippen LogP contribution in [0.3, 0.4) is 0 Å². The number of nitrogens with zero attached hydrogens (tertiary/aromatic N) is 2. The van der Waals surface area contributed by atoms with E-state index in [2.05, 4.69) is 78.6 Å². The van der Waals surface area contributed by atoms with Crippen LogP contribution < -0.4 is 0 Å². The van der Waals surface area contributed by atoms with Crippen LogP contribution >= 0.6 is 0 Å². The molecule has 0 bridgehead atoms. The Bertz CT molecular complexity index is 250. The Morgan fingerprint density at radius 3 is 0.583 bits per heavy atom. The minimum atomic E-state index is -1.11. The van der Waals surface area contributed by atoms with Gasteiger partial charge in [0.25, 0.3) is 0 Å². The third-order valence-corrected chi connectivity index (χ3v) is 12.1. The summed E-state index contributed by atoms with van der Waals surface area (Å²) in [7, 11) is -4.42. The smallest absolute Gasteiger partial charge is 0.673 e. The van der Waals surface area contributed by atoms with Gasteiger partial charge in [-0.25, -0.2) is 0 Å². The maximum Gasteiger partial charge on any atom is 3.00 e. The van der Waals surface area contributed by atoms with E-state index in [-0.39, 0.29) is 22.3 Å². The Morgan fingerprint density at radius 2 is 0.583 bits per heavy atom. The molecule has 0 aromatic rings. The molecule has 1 N–H and O–H groups in total. The summed E-state index contributed by atoms with van der Waals surface area (Å²) in [5, 5.41) is 0. The third kappa shape index (κ3) is 65.6. The summed E-state index contributed by atoms with van der Waals surface area (Å²) < 4.78 is 9.64. The first kappa shape index (κ1) is 32.9. The fourth-order valence-corrected chi connectivity index (χ4v) is 18.1. The Balaban J connectivity index is -0.000000128. The molecule has 150 valence electrons. The van der Waals surface area contributed by atoms with Crippen molar-refractivity contribution in [3.8, 4) is 0 Å². The van der Waals surface area contributed by atoms with Gasteiger partial charge in [0.15, 0.2) is 0 Å². The van der Waals surface area contributed by atoms with Gasteiger partial charge >= 0.3 is 16.8 Å². The SMILES string of the molecule is CC(C)(C)[NH-].C[Si](C)(C)[N-][Si](C)(C)C.C[Si](C)(C)[N-][Si](C)(C)C.[Co+3]. The van der Waals surface area contributed by atoms with Crippen LogP contribution in [-0.4, -0.2) is 38.5 Å². The van der Waals surface area contributed by atoms with Crippen molar-refractivity contribution in [2.24, 2.45) is 0 Å². The van der Waals surface area contributed by atoms with Crippen LogP contribution in [0.1, 0.15) is 20.8 Å². The van der Waals surface area contributed by atoms with E-state index >= 15 is 0 Å². The fourth-order valence-electron chi connectivity index (χ4n) is 2.01. The molecule has 0 aliphatic heterocycles. The van der Waals surface area contributed by atoms with Gasteiger partial charge in [-0.3, -0.25) is 0 Å². The van der Waals surface area contributed by atoms with Gasteiger partial charge in [-0.1, -0.05) is 132 Å². The summed E-state index contributed by atoms with van der Waals surface area (Å²) in [6.45, 7) is 33.1. The maximum absolute atomic E-state index is 6.94. The predicted molar refractivity (Wildman–Crippen MR) is 124 cm³/mol. The van der Waals surface area contributed by atoms with Gasteiger partial charge in [0.1, 0.15) is 0 Å². The Labute approximate surface area is 169 Å². The first-order valence-corrected chi connectivity index (χ1v) is 22.4. The van der Waals surface area contributed by atoms with Crippen molar-refractivity contribution in [2.75, 3.05) is 0 Å². The van der Waals surface area contributed by atoms with Gasteiger partial charge in [0, 0.05) is 0 Å². The van der Waals surface area contributed by atoms with Crippen molar-refractivity contribution >= 4 is 32.9 Å². The normalized spacial score (nSPS) is 13.0. The average Bonchev–Trinajstić information content (AvgIpc) is 1.81. The van der Waals surface area contributed by atoms with Crippen LogP contribution in [0.25, 0.3) is 15.0 Å². The van der Waals surface area contributed by atoms with Crippen molar-refractivity contribution in [1.82, 2.24) is 0 Å².